The monoisotopic (exact) mass is 292 g/mol. The largest absolute Gasteiger partial charge is 0.339 e. The average Bonchev–Trinajstić information content (AvgIpc) is 3.18. The van der Waals surface area contributed by atoms with E-state index >= 15 is 0 Å². The smallest absolute Gasteiger partial charge is 0.226 e. The highest BCUT2D eigenvalue weighted by Gasteiger charge is 2.58. The third-order valence-corrected chi connectivity index (χ3v) is 6.07. The number of rotatable bonds is 4. The summed E-state index contributed by atoms with van der Waals surface area (Å²) in [7, 11) is 0. The number of amides is 1. The van der Waals surface area contributed by atoms with Crippen LogP contribution in [0, 0.1) is 17.3 Å². The number of nitrogens with zero attached hydrogens (tertiary/aromatic N) is 1. The van der Waals surface area contributed by atoms with Gasteiger partial charge in [0.1, 0.15) is 0 Å². The summed E-state index contributed by atoms with van der Waals surface area (Å²) in [6, 6.07) is 0.535. The first kappa shape index (κ1) is 15.3. The number of likely N-dealkylation sites (tertiary alicyclic amines) is 1. The summed E-state index contributed by atoms with van der Waals surface area (Å²) in [6.07, 6.45) is 9.83. The third-order valence-electron chi connectivity index (χ3n) is 6.07. The highest BCUT2D eigenvalue weighted by Crippen LogP contribution is 2.59. The standard InChI is InChI=1S/C18H32N2O/c1-14(2)6-7-15-5-3-4-12-20(15)17(21)16-13-18(16)8-10-19-11-9-18/h14-16,19H,3-13H2,1-2H3. The first-order valence-electron chi connectivity index (χ1n) is 9.13. The van der Waals surface area contributed by atoms with Crippen LogP contribution in [0.5, 0.6) is 0 Å². The number of piperidine rings is 2. The van der Waals surface area contributed by atoms with Crippen molar-refractivity contribution >= 4 is 5.91 Å². The van der Waals surface area contributed by atoms with Crippen LogP contribution in [0.3, 0.4) is 0 Å². The van der Waals surface area contributed by atoms with Crippen LogP contribution in [0.1, 0.15) is 65.2 Å². The molecule has 0 aromatic heterocycles. The Morgan fingerprint density at radius 1 is 1.29 bits per heavy atom. The van der Waals surface area contributed by atoms with Crippen LogP contribution < -0.4 is 5.32 Å². The Balaban J connectivity index is 1.59. The van der Waals surface area contributed by atoms with Gasteiger partial charge < -0.3 is 10.2 Å². The van der Waals surface area contributed by atoms with Crippen molar-refractivity contribution in [1.29, 1.82) is 0 Å². The third kappa shape index (κ3) is 3.28. The van der Waals surface area contributed by atoms with Gasteiger partial charge in [0.25, 0.3) is 0 Å². The summed E-state index contributed by atoms with van der Waals surface area (Å²) in [4.78, 5) is 15.3. The highest BCUT2D eigenvalue weighted by atomic mass is 16.2. The minimum absolute atomic E-state index is 0.360. The predicted molar refractivity (Wildman–Crippen MR) is 86.1 cm³/mol. The van der Waals surface area contributed by atoms with E-state index in [0.29, 0.717) is 23.3 Å². The Kier molecular flexibility index (Phi) is 4.58. The van der Waals surface area contributed by atoms with E-state index in [4.69, 9.17) is 0 Å². The molecular formula is C18H32N2O. The topological polar surface area (TPSA) is 32.3 Å². The molecule has 1 spiro atoms. The molecule has 0 aromatic rings. The Labute approximate surface area is 129 Å². The van der Waals surface area contributed by atoms with Gasteiger partial charge in [-0.05, 0) is 75.8 Å². The van der Waals surface area contributed by atoms with Gasteiger partial charge in [-0.15, -0.1) is 0 Å². The van der Waals surface area contributed by atoms with Gasteiger partial charge in [-0.25, -0.2) is 0 Å². The molecule has 2 aliphatic heterocycles. The zero-order chi connectivity index (χ0) is 14.9. The van der Waals surface area contributed by atoms with Crippen LogP contribution >= 0.6 is 0 Å². The molecule has 120 valence electrons. The van der Waals surface area contributed by atoms with Crippen molar-refractivity contribution in [2.24, 2.45) is 17.3 Å². The van der Waals surface area contributed by atoms with Crippen molar-refractivity contribution in [2.75, 3.05) is 19.6 Å². The molecule has 3 nitrogen and oxygen atoms in total. The van der Waals surface area contributed by atoms with Crippen LogP contribution in [0.4, 0.5) is 0 Å². The van der Waals surface area contributed by atoms with E-state index < -0.39 is 0 Å². The first-order chi connectivity index (χ1) is 10.1. The van der Waals surface area contributed by atoms with Crippen molar-refractivity contribution in [3.8, 4) is 0 Å². The molecule has 3 aliphatic rings. The molecule has 2 atom stereocenters. The molecule has 0 aromatic carbocycles. The van der Waals surface area contributed by atoms with Crippen LogP contribution in [0.2, 0.25) is 0 Å². The van der Waals surface area contributed by atoms with Crippen LogP contribution in [-0.4, -0.2) is 36.5 Å². The fourth-order valence-electron chi connectivity index (χ4n) is 4.49. The van der Waals surface area contributed by atoms with Crippen molar-refractivity contribution in [3.05, 3.63) is 0 Å². The maximum atomic E-state index is 13.0. The summed E-state index contributed by atoms with van der Waals surface area (Å²) in [5.41, 5.74) is 0.391. The maximum Gasteiger partial charge on any atom is 0.226 e. The van der Waals surface area contributed by atoms with Crippen molar-refractivity contribution in [3.63, 3.8) is 0 Å². The van der Waals surface area contributed by atoms with E-state index in [1.807, 2.05) is 0 Å². The summed E-state index contributed by atoms with van der Waals surface area (Å²) >= 11 is 0. The van der Waals surface area contributed by atoms with Crippen LogP contribution in [0.25, 0.3) is 0 Å². The van der Waals surface area contributed by atoms with Crippen LogP contribution in [0.15, 0.2) is 0 Å². The predicted octanol–water partition coefficient (Wildman–Crippen LogP) is 3.19. The van der Waals surface area contributed by atoms with Gasteiger partial charge in [-0.2, -0.15) is 0 Å². The molecule has 1 aliphatic carbocycles. The summed E-state index contributed by atoms with van der Waals surface area (Å²) in [5, 5.41) is 3.44. The van der Waals surface area contributed by atoms with Gasteiger partial charge >= 0.3 is 0 Å². The second-order valence-corrected chi connectivity index (χ2v) is 8.02. The van der Waals surface area contributed by atoms with Crippen molar-refractivity contribution < 1.29 is 4.79 Å². The lowest BCUT2D eigenvalue weighted by molar-refractivity contribution is -0.137. The Bertz CT molecular complexity index is 373. The SMILES string of the molecule is CC(C)CCC1CCCCN1C(=O)C1CC12CCNCC2. The zero-order valence-corrected chi connectivity index (χ0v) is 13.9. The molecule has 2 saturated heterocycles. The molecule has 0 bridgehead atoms. The molecular weight excluding hydrogens is 260 g/mol. The number of nitrogens with one attached hydrogen (secondary N) is 1. The average molecular weight is 292 g/mol. The normalized spacial score (nSPS) is 31.7. The maximum absolute atomic E-state index is 13.0. The molecule has 2 unspecified atom stereocenters. The van der Waals surface area contributed by atoms with Gasteiger partial charge in [0.2, 0.25) is 5.91 Å². The second-order valence-electron chi connectivity index (χ2n) is 8.02. The minimum atomic E-state index is 0.360. The van der Waals surface area contributed by atoms with Gasteiger partial charge in [-0.3, -0.25) is 4.79 Å². The van der Waals surface area contributed by atoms with E-state index in [-0.39, 0.29) is 0 Å². The molecule has 1 N–H and O–H groups in total. The molecule has 3 heteroatoms. The fourth-order valence-corrected chi connectivity index (χ4v) is 4.49. The Morgan fingerprint density at radius 2 is 2.05 bits per heavy atom. The summed E-state index contributed by atoms with van der Waals surface area (Å²) in [5.74, 6) is 1.62. The fraction of sp³-hybridized carbons (Fsp3) is 0.944. The van der Waals surface area contributed by atoms with Crippen LogP contribution in [-0.2, 0) is 4.79 Å². The lowest BCUT2D eigenvalue weighted by Gasteiger charge is -2.37. The zero-order valence-electron chi connectivity index (χ0n) is 13.9. The molecule has 3 fully saturated rings. The molecule has 2 heterocycles. The Morgan fingerprint density at radius 3 is 2.76 bits per heavy atom. The lowest BCUT2D eigenvalue weighted by Crippen LogP contribution is -2.45. The van der Waals surface area contributed by atoms with Gasteiger partial charge in [0.15, 0.2) is 0 Å². The summed E-state index contributed by atoms with van der Waals surface area (Å²) in [6.45, 7) is 7.83. The van der Waals surface area contributed by atoms with E-state index in [0.717, 1.165) is 25.6 Å². The molecule has 1 amide bonds. The second kappa shape index (κ2) is 6.28. The molecule has 3 rings (SSSR count). The van der Waals surface area contributed by atoms with Crippen molar-refractivity contribution in [2.45, 2.75) is 71.3 Å². The summed E-state index contributed by atoms with van der Waals surface area (Å²) < 4.78 is 0. The van der Waals surface area contributed by atoms with Gasteiger partial charge in [0, 0.05) is 18.5 Å². The number of hydrogen-bond acceptors (Lipinski definition) is 2. The quantitative estimate of drug-likeness (QED) is 0.863. The van der Waals surface area contributed by atoms with E-state index in [9.17, 15) is 4.79 Å². The van der Waals surface area contributed by atoms with E-state index in [1.165, 1.54) is 51.4 Å². The van der Waals surface area contributed by atoms with E-state index in [2.05, 4.69) is 24.1 Å². The molecule has 21 heavy (non-hydrogen) atoms. The highest BCUT2D eigenvalue weighted by molar-refractivity contribution is 5.83. The number of carbonyl (C=O) groups is 1. The number of hydrogen-bond donors (Lipinski definition) is 1. The minimum Gasteiger partial charge on any atom is -0.339 e. The lowest BCUT2D eigenvalue weighted by atomic mass is 9.90. The molecule has 0 radical (unpaired) electrons. The molecule has 1 saturated carbocycles. The number of carbonyl (C=O) groups excluding carboxylic acids is 1. The van der Waals surface area contributed by atoms with Gasteiger partial charge in [0.05, 0.1) is 0 Å². The van der Waals surface area contributed by atoms with E-state index in [1.54, 1.807) is 0 Å². The van der Waals surface area contributed by atoms with Crippen molar-refractivity contribution in [1.82, 2.24) is 10.2 Å². The van der Waals surface area contributed by atoms with Gasteiger partial charge in [-0.1, -0.05) is 13.8 Å². The first-order valence-corrected chi connectivity index (χ1v) is 9.13. The Hall–Kier alpha value is -0.570.